The van der Waals surface area contributed by atoms with Crippen LogP contribution in [0.5, 0.6) is 0 Å². The summed E-state index contributed by atoms with van der Waals surface area (Å²) in [4.78, 5) is 0. The minimum Gasteiger partial charge on any atom is -0.316 e. The molecule has 0 spiro atoms. The fourth-order valence-corrected chi connectivity index (χ4v) is 2.35. The predicted molar refractivity (Wildman–Crippen MR) is 65.3 cm³/mol. The molecule has 1 nitrogen and oxygen atoms in total. The van der Waals surface area contributed by atoms with Gasteiger partial charge < -0.3 is 5.32 Å². The first-order valence-electron chi connectivity index (χ1n) is 6.18. The first-order valence-corrected chi connectivity index (χ1v) is 6.18. The lowest BCUT2D eigenvalue weighted by Crippen LogP contribution is -2.35. The van der Waals surface area contributed by atoms with Gasteiger partial charge in [0.2, 0.25) is 0 Å². The highest BCUT2D eigenvalue weighted by Gasteiger charge is 2.44. The van der Waals surface area contributed by atoms with Crippen LogP contribution in [0.25, 0.3) is 0 Å². The zero-order valence-corrected chi connectivity index (χ0v) is 10.6. The van der Waals surface area contributed by atoms with Crippen molar-refractivity contribution in [2.45, 2.75) is 38.4 Å². The number of likely N-dealkylation sites (N-methyl/N-ethyl adjacent to an activating group) is 1. The standard InChI is InChI=1S/C14H18F3N/c1-13(6-7-13)12(18-2)9-10-4-3-5-11(8-10)14(15,16)17/h3-5,8,12,18H,6-7,9H2,1-2H3. The highest BCUT2D eigenvalue weighted by atomic mass is 19.4. The van der Waals surface area contributed by atoms with Crippen molar-refractivity contribution < 1.29 is 13.2 Å². The molecule has 1 saturated carbocycles. The molecule has 1 aromatic carbocycles. The minimum absolute atomic E-state index is 0.251. The van der Waals surface area contributed by atoms with Crippen LogP contribution in [-0.2, 0) is 12.6 Å². The molecule has 0 radical (unpaired) electrons. The van der Waals surface area contributed by atoms with Gasteiger partial charge in [-0.1, -0.05) is 25.1 Å². The summed E-state index contributed by atoms with van der Waals surface area (Å²) in [6, 6.07) is 5.89. The lowest BCUT2D eigenvalue weighted by atomic mass is 9.92. The van der Waals surface area contributed by atoms with Crippen molar-refractivity contribution in [1.29, 1.82) is 0 Å². The van der Waals surface area contributed by atoms with Crippen LogP contribution in [-0.4, -0.2) is 13.1 Å². The van der Waals surface area contributed by atoms with Crippen molar-refractivity contribution in [2.24, 2.45) is 5.41 Å². The third kappa shape index (κ3) is 2.86. The lowest BCUT2D eigenvalue weighted by Gasteiger charge is -2.23. The van der Waals surface area contributed by atoms with Gasteiger partial charge in [0.1, 0.15) is 0 Å². The molecule has 0 amide bonds. The van der Waals surface area contributed by atoms with Crippen LogP contribution in [0.4, 0.5) is 13.2 Å². The van der Waals surface area contributed by atoms with Gasteiger partial charge in [0.25, 0.3) is 0 Å². The molecule has 1 atom stereocenters. The summed E-state index contributed by atoms with van der Waals surface area (Å²) in [5.74, 6) is 0. The predicted octanol–water partition coefficient (Wildman–Crippen LogP) is 3.64. The lowest BCUT2D eigenvalue weighted by molar-refractivity contribution is -0.137. The molecule has 1 unspecified atom stereocenters. The molecule has 4 heteroatoms. The maximum absolute atomic E-state index is 12.6. The van der Waals surface area contributed by atoms with E-state index in [9.17, 15) is 13.2 Å². The normalized spacial score (nSPS) is 19.6. The zero-order chi connectivity index (χ0) is 13.4. The van der Waals surface area contributed by atoms with Crippen molar-refractivity contribution in [3.8, 4) is 0 Å². The number of benzene rings is 1. The SMILES string of the molecule is CNC(Cc1cccc(C(F)(F)F)c1)C1(C)CC1. The molecule has 1 aliphatic rings. The number of alkyl halides is 3. The Morgan fingerprint density at radius 2 is 2.00 bits per heavy atom. The van der Waals surface area contributed by atoms with Gasteiger partial charge in [0.15, 0.2) is 0 Å². The van der Waals surface area contributed by atoms with Crippen molar-refractivity contribution in [2.75, 3.05) is 7.05 Å². The molecular weight excluding hydrogens is 239 g/mol. The summed E-state index contributed by atoms with van der Waals surface area (Å²) in [6.07, 6.45) is -1.31. The van der Waals surface area contributed by atoms with Crippen LogP contribution in [0.2, 0.25) is 0 Å². The molecular formula is C14H18F3N. The number of rotatable bonds is 4. The Morgan fingerprint density at radius 3 is 2.50 bits per heavy atom. The molecule has 0 aliphatic heterocycles. The Morgan fingerprint density at radius 1 is 1.33 bits per heavy atom. The molecule has 0 bridgehead atoms. The monoisotopic (exact) mass is 257 g/mol. The topological polar surface area (TPSA) is 12.0 Å². The summed E-state index contributed by atoms with van der Waals surface area (Å²) in [6.45, 7) is 2.18. The average molecular weight is 257 g/mol. The molecule has 100 valence electrons. The Kier molecular flexibility index (Phi) is 3.41. The van der Waals surface area contributed by atoms with Crippen LogP contribution >= 0.6 is 0 Å². The Hall–Kier alpha value is -1.03. The zero-order valence-electron chi connectivity index (χ0n) is 10.6. The van der Waals surface area contributed by atoms with E-state index in [0.29, 0.717) is 6.42 Å². The van der Waals surface area contributed by atoms with E-state index < -0.39 is 11.7 Å². The second kappa shape index (κ2) is 4.57. The van der Waals surface area contributed by atoms with E-state index in [1.54, 1.807) is 6.07 Å². The van der Waals surface area contributed by atoms with Crippen LogP contribution in [0, 0.1) is 5.41 Å². The van der Waals surface area contributed by atoms with E-state index in [1.165, 1.54) is 12.1 Å². The van der Waals surface area contributed by atoms with Gasteiger partial charge in [0, 0.05) is 6.04 Å². The average Bonchev–Trinajstić information content (AvgIpc) is 3.04. The van der Waals surface area contributed by atoms with E-state index in [0.717, 1.165) is 24.5 Å². The molecule has 18 heavy (non-hydrogen) atoms. The van der Waals surface area contributed by atoms with Crippen molar-refractivity contribution in [3.63, 3.8) is 0 Å². The van der Waals surface area contributed by atoms with E-state index in [1.807, 2.05) is 7.05 Å². The van der Waals surface area contributed by atoms with Gasteiger partial charge in [-0.2, -0.15) is 13.2 Å². The first-order chi connectivity index (χ1) is 8.35. The van der Waals surface area contributed by atoms with Crippen LogP contribution in [0.15, 0.2) is 24.3 Å². The summed E-state index contributed by atoms with van der Waals surface area (Å²) in [5, 5.41) is 3.23. The molecule has 2 rings (SSSR count). The largest absolute Gasteiger partial charge is 0.416 e. The van der Waals surface area contributed by atoms with Crippen molar-refractivity contribution in [1.82, 2.24) is 5.32 Å². The van der Waals surface area contributed by atoms with E-state index >= 15 is 0 Å². The molecule has 0 aromatic heterocycles. The first kappa shape index (κ1) is 13.4. The molecule has 1 N–H and O–H groups in total. The van der Waals surface area contributed by atoms with Gasteiger partial charge in [-0.15, -0.1) is 0 Å². The molecule has 1 aromatic rings. The maximum Gasteiger partial charge on any atom is 0.416 e. The minimum atomic E-state index is -4.26. The third-order valence-electron chi connectivity index (χ3n) is 3.92. The fraction of sp³-hybridized carbons (Fsp3) is 0.571. The van der Waals surface area contributed by atoms with Gasteiger partial charge in [0.05, 0.1) is 5.56 Å². The molecule has 1 aliphatic carbocycles. The molecule has 0 heterocycles. The number of hydrogen-bond donors (Lipinski definition) is 1. The van der Waals surface area contributed by atoms with Crippen LogP contribution in [0.3, 0.4) is 0 Å². The highest BCUT2D eigenvalue weighted by Crippen LogP contribution is 2.48. The third-order valence-corrected chi connectivity index (χ3v) is 3.92. The second-order valence-corrected chi connectivity index (χ2v) is 5.40. The van der Waals surface area contributed by atoms with Crippen LogP contribution < -0.4 is 5.32 Å². The number of hydrogen-bond acceptors (Lipinski definition) is 1. The van der Waals surface area contributed by atoms with Crippen molar-refractivity contribution >= 4 is 0 Å². The summed E-state index contributed by atoms with van der Waals surface area (Å²) >= 11 is 0. The molecule has 0 saturated heterocycles. The van der Waals surface area contributed by atoms with E-state index in [-0.39, 0.29) is 11.5 Å². The fourth-order valence-electron chi connectivity index (χ4n) is 2.35. The number of halogens is 3. The molecule has 1 fully saturated rings. The summed E-state index contributed by atoms with van der Waals surface area (Å²) in [7, 11) is 1.88. The Bertz CT molecular complexity index is 421. The number of nitrogens with one attached hydrogen (secondary N) is 1. The van der Waals surface area contributed by atoms with Gasteiger partial charge in [-0.25, -0.2) is 0 Å². The smallest absolute Gasteiger partial charge is 0.316 e. The Labute approximate surface area is 105 Å². The maximum atomic E-state index is 12.6. The van der Waals surface area contributed by atoms with Crippen molar-refractivity contribution in [3.05, 3.63) is 35.4 Å². The van der Waals surface area contributed by atoms with E-state index in [4.69, 9.17) is 0 Å². The van der Waals surface area contributed by atoms with E-state index in [2.05, 4.69) is 12.2 Å². The van der Waals surface area contributed by atoms with Gasteiger partial charge in [-0.3, -0.25) is 0 Å². The summed E-state index contributed by atoms with van der Waals surface area (Å²) in [5.41, 5.74) is 0.441. The quantitative estimate of drug-likeness (QED) is 0.868. The Balaban J connectivity index is 2.14. The highest BCUT2D eigenvalue weighted by molar-refractivity contribution is 5.27. The second-order valence-electron chi connectivity index (χ2n) is 5.40. The van der Waals surface area contributed by atoms with Crippen LogP contribution in [0.1, 0.15) is 30.9 Å². The summed E-state index contributed by atoms with van der Waals surface area (Å²) < 4.78 is 37.9. The van der Waals surface area contributed by atoms with Gasteiger partial charge >= 0.3 is 6.18 Å². The van der Waals surface area contributed by atoms with Gasteiger partial charge in [-0.05, 0) is 43.4 Å².